The lowest BCUT2D eigenvalue weighted by Crippen LogP contribution is -2.24. The third kappa shape index (κ3) is 9.52. The molecule has 3 unspecified atom stereocenters. The first-order valence-electron chi connectivity index (χ1n) is 13.8. The van der Waals surface area contributed by atoms with Crippen LogP contribution in [0.3, 0.4) is 0 Å². The number of esters is 2. The first-order valence-corrected chi connectivity index (χ1v) is 15.7. The highest BCUT2D eigenvalue weighted by molar-refractivity contribution is 7.58. The van der Waals surface area contributed by atoms with E-state index in [0.29, 0.717) is 5.56 Å². The Kier molecular flexibility index (Phi) is 11.7. The number of ether oxygens (including phenoxy) is 2. The van der Waals surface area contributed by atoms with Crippen molar-refractivity contribution in [2.24, 2.45) is 5.92 Å². The Balaban J connectivity index is 1.47. The van der Waals surface area contributed by atoms with Gasteiger partial charge in [0, 0.05) is 6.42 Å². The van der Waals surface area contributed by atoms with Crippen LogP contribution >= 0.6 is 7.37 Å². The zero-order valence-corrected chi connectivity index (χ0v) is 24.2. The predicted octanol–water partition coefficient (Wildman–Crippen LogP) is 7.06. The van der Waals surface area contributed by atoms with Crippen molar-refractivity contribution >= 4 is 19.3 Å². The molecule has 0 spiro atoms. The summed E-state index contributed by atoms with van der Waals surface area (Å²) >= 11 is 0. The highest BCUT2D eigenvalue weighted by Gasteiger charge is 2.36. The lowest BCUT2D eigenvalue weighted by atomic mass is 10.0. The number of hydrogen-bond donors (Lipinski definition) is 1. The maximum absolute atomic E-state index is 14.3. The molecule has 218 valence electrons. The van der Waals surface area contributed by atoms with E-state index >= 15 is 0 Å². The standard InChI is InChI=1S/C34H35O7P/c35-32(39-23-27-13-5-1-6-14-27)22-21-31(33(36)40-24-28-15-7-2-8-16-28)25-41-42(38,26-29-17-9-3-10-18-29)34(37)30-19-11-4-12-20-30/h1-20,31,34,37H,21-26H2. The van der Waals surface area contributed by atoms with Crippen LogP contribution in [0.2, 0.25) is 0 Å². The highest BCUT2D eigenvalue weighted by atomic mass is 31.2. The quantitative estimate of drug-likeness (QED) is 0.118. The number of aliphatic hydroxyl groups is 1. The molecular weight excluding hydrogens is 551 g/mol. The summed E-state index contributed by atoms with van der Waals surface area (Å²) in [4.78, 5) is 25.8. The lowest BCUT2D eigenvalue weighted by Gasteiger charge is -2.26. The Morgan fingerprint density at radius 1 is 0.667 bits per heavy atom. The van der Waals surface area contributed by atoms with E-state index in [9.17, 15) is 19.3 Å². The van der Waals surface area contributed by atoms with Crippen molar-refractivity contribution in [2.75, 3.05) is 6.61 Å². The van der Waals surface area contributed by atoms with Gasteiger partial charge < -0.3 is 19.1 Å². The van der Waals surface area contributed by atoms with Crippen molar-refractivity contribution in [1.29, 1.82) is 0 Å². The Labute approximate surface area is 246 Å². The first-order chi connectivity index (χ1) is 20.4. The Morgan fingerprint density at radius 2 is 1.14 bits per heavy atom. The second-order valence-corrected chi connectivity index (χ2v) is 12.4. The van der Waals surface area contributed by atoms with Crippen LogP contribution in [0.4, 0.5) is 0 Å². The van der Waals surface area contributed by atoms with Crippen molar-refractivity contribution in [2.45, 2.75) is 38.1 Å². The van der Waals surface area contributed by atoms with E-state index in [2.05, 4.69) is 0 Å². The van der Waals surface area contributed by atoms with E-state index in [1.807, 2.05) is 91.0 Å². The van der Waals surface area contributed by atoms with Crippen LogP contribution in [-0.4, -0.2) is 23.7 Å². The summed E-state index contributed by atoms with van der Waals surface area (Å²) in [5.74, 6) is -3.38. The van der Waals surface area contributed by atoms with E-state index in [1.165, 1.54) is 0 Å². The van der Waals surface area contributed by atoms with E-state index in [4.69, 9.17) is 14.0 Å². The molecule has 3 atom stereocenters. The molecule has 0 aliphatic heterocycles. The molecule has 42 heavy (non-hydrogen) atoms. The molecule has 0 aromatic heterocycles. The third-order valence-electron chi connectivity index (χ3n) is 6.71. The van der Waals surface area contributed by atoms with Gasteiger partial charge in [0.25, 0.3) is 0 Å². The van der Waals surface area contributed by atoms with Crippen LogP contribution in [0, 0.1) is 5.92 Å². The van der Waals surface area contributed by atoms with Crippen LogP contribution in [0.25, 0.3) is 0 Å². The largest absolute Gasteiger partial charge is 0.461 e. The summed E-state index contributed by atoms with van der Waals surface area (Å²) in [6, 6.07) is 36.3. The lowest BCUT2D eigenvalue weighted by molar-refractivity contribution is -0.152. The molecule has 0 saturated heterocycles. The van der Waals surface area contributed by atoms with Crippen LogP contribution < -0.4 is 0 Å². The number of carbonyl (C=O) groups excluding carboxylic acids is 2. The topological polar surface area (TPSA) is 99.1 Å². The van der Waals surface area contributed by atoms with Gasteiger partial charge in [-0.25, -0.2) is 0 Å². The van der Waals surface area contributed by atoms with E-state index in [1.54, 1.807) is 30.3 Å². The SMILES string of the molecule is O=C(CCC(COP(=O)(Cc1ccccc1)C(O)c1ccccc1)C(=O)OCc1ccccc1)OCc1ccccc1. The van der Waals surface area contributed by atoms with Gasteiger partial charge in [-0.15, -0.1) is 0 Å². The molecule has 4 aromatic carbocycles. The molecular formula is C34H35O7P. The number of hydrogen-bond acceptors (Lipinski definition) is 7. The van der Waals surface area contributed by atoms with Crippen molar-refractivity contribution in [3.05, 3.63) is 144 Å². The molecule has 0 bridgehead atoms. The molecule has 4 aromatic rings. The van der Waals surface area contributed by atoms with Crippen molar-refractivity contribution in [1.82, 2.24) is 0 Å². The van der Waals surface area contributed by atoms with Gasteiger partial charge in [0.2, 0.25) is 7.37 Å². The number of rotatable bonds is 15. The minimum absolute atomic E-state index is 0.0329. The summed E-state index contributed by atoms with van der Waals surface area (Å²) in [5.41, 5.74) is 2.83. The maximum Gasteiger partial charge on any atom is 0.311 e. The molecule has 0 aliphatic carbocycles. The fourth-order valence-corrected chi connectivity index (χ4v) is 6.51. The summed E-state index contributed by atoms with van der Waals surface area (Å²) in [5, 5.41) is 11.2. The van der Waals surface area contributed by atoms with Gasteiger partial charge in [-0.3, -0.25) is 14.2 Å². The summed E-state index contributed by atoms with van der Waals surface area (Å²) < 4.78 is 31.2. The zero-order chi connectivity index (χ0) is 29.6. The van der Waals surface area contributed by atoms with Gasteiger partial charge in [-0.1, -0.05) is 121 Å². The Hall–Kier alpha value is -4.03. The van der Waals surface area contributed by atoms with Gasteiger partial charge in [-0.2, -0.15) is 0 Å². The second kappa shape index (κ2) is 15.8. The molecule has 0 amide bonds. The predicted molar refractivity (Wildman–Crippen MR) is 160 cm³/mol. The molecule has 0 fully saturated rings. The number of carbonyl (C=O) groups is 2. The Bertz CT molecular complexity index is 1430. The van der Waals surface area contributed by atoms with Gasteiger partial charge in [-0.05, 0) is 28.7 Å². The highest BCUT2D eigenvalue weighted by Crippen LogP contribution is 2.61. The van der Waals surface area contributed by atoms with E-state index in [-0.39, 0.29) is 38.8 Å². The molecule has 1 N–H and O–H groups in total. The summed E-state index contributed by atoms with van der Waals surface area (Å²) in [6.07, 6.45) is -0.0334. The third-order valence-corrected chi connectivity index (χ3v) is 9.14. The molecule has 8 heteroatoms. The maximum atomic E-state index is 14.3. The number of benzene rings is 4. The van der Waals surface area contributed by atoms with Crippen molar-refractivity contribution in [3.8, 4) is 0 Å². The van der Waals surface area contributed by atoms with E-state index < -0.39 is 31.1 Å². The van der Waals surface area contributed by atoms with Crippen LogP contribution in [-0.2, 0) is 47.5 Å². The molecule has 0 heterocycles. The monoisotopic (exact) mass is 586 g/mol. The molecule has 7 nitrogen and oxygen atoms in total. The van der Waals surface area contributed by atoms with Crippen molar-refractivity contribution < 1.29 is 33.3 Å². The van der Waals surface area contributed by atoms with Crippen LogP contribution in [0.5, 0.6) is 0 Å². The van der Waals surface area contributed by atoms with Crippen LogP contribution in [0.15, 0.2) is 121 Å². The molecule has 4 rings (SSSR count). The fourth-order valence-electron chi connectivity index (χ4n) is 4.33. The van der Waals surface area contributed by atoms with Gasteiger partial charge in [0.05, 0.1) is 18.7 Å². The summed E-state index contributed by atoms with van der Waals surface area (Å²) in [6.45, 7) is -0.134. The Morgan fingerprint density at radius 3 is 1.69 bits per heavy atom. The first kappa shape index (κ1) is 30.9. The van der Waals surface area contributed by atoms with Gasteiger partial charge in [0.15, 0.2) is 5.85 Å². The molecule has 0 saturated carbocycles. The van der Waals surface area contributed by atoms with Gasteiger partial charge >= 0.3 is 11.9 Å². The van der Waals surface area contributed by atoms with E-state index in [0.717, 1.165) is 16.7 Å². The minimum atomic E-state index is -3.79. The second-order valence-electron chi connectivity index (χ2n) is 9.93. The zero-order valence-electron chi connectivity index (χ0n) is 23.3. The van der Waals surface area contributed by atoms with Crippen LogP contribution in [0.1, 0.15) is 40.9 Å². The normalized spacial score (nSPS) is 13.8. The average Bonchev–Trinajstić information content (AvgIpc) is 3.04. The fraction of sp³-hybridized carbons (Fsp3) is 0.235. The summed E-state index contributed by atoms with van der Waals surface area (Å²) in [7, 11) is -3.79. The molecule has 0 aliphatic rings. The van der Waals surface area contributed by atoms with Gasteiger partial charge in [0.1, 0.15) is 13.2 Å². The molecule has 0 radical (unpaired) electrons. The smallest absolute Gasteiger partial charge is 0.311 e. The average molecular weight is 587 g/mol. The minimum Gasteiger partial charge on any atom is -0.461 e. The number of aliphatic hydroxyl groups excluding tert-OH is 1. The van der Waals surface area contributed by atoms with Crippen molar-refractivity contribution in [3.63, 3.8) is 0 Å².